The Morgan fingerprint density at radius 1 is 1.14 bits per heavy atom. The second-order valence-electron chi connectivity index (χ2n) is 10.3. The second-order valence-corrected chi connectivity index (χ2v) is 10.3. The molecule has 234 valence electrons. The Balaban J connectivity index is 2.45. The average molecular weight is 599 g/mol. The Kier molecular flexibility index (Phi) is 14.4. The number of carbonyl (C=O) groups excluding carboxylic acids is 3. The largest absolute Gasteiger partial charge is 0.509 e. The van der Waals surface area contributed by atoms with Crippen LogP contribution < -0.4 is 0 Å². The number of hydrogen-bond donors (Lipinski definition) is 2. The maximum atomic E-state index is 12.9. The number of carboxylic acid groups (broad SMARTS) is 1. The van der Waals surface area contributed by atoms with Gasteiger partial charge in [0.2, 0.25) is 6.29 Å². The topological polar surface area (TPSA) is 146 Å². The van der Waals surface area contributed by atoms with E-state index in [2.05, 4.69) is 18.2 Å². The smallest absolute Gasteiger partial charge is 0.478 e. The SMILES string of the molecule is C=CC(=O)OC(O)CCCOC(=O)C(C)=CC1(C(CC(CC)CCCC)=C(C=Cc2ccccc2)C(=O)O)COC(=O)O1. The molecule has 1 saturated heterocycles. The Morgan fingerprint density at radius 2 is 1.86 bits per heavy atom. The first-order valence-electron chi connectivity index (χ1n) is 14.5. The normalized spacial score (nSPS) is 18.7. The Bertz CT molecular complexity index is 1210. The molecular weight excluding hydrogens is 556 g/mol. The van der Waals surface area contributed by atoms with Gasteiger partial charge in [0.25, 0.3) is 0 Å². The number of aliphatic hydroxyl groups is 1. The van der Waals surface area contributed by atoms with Crippen molar-refractivity contribution in [3.63, 3.8) is 0 Å². The summed E-state index contributed by atoms with van der Waals surface area (Å²) in [5, 5.41) is 20.1. The quantitative estimate of drug-likeness (QED) is 0.0522. The Labute approximate surface area is 252 Å². The van der Waals surface area contributed by atoms with Crippen molar-refractivity contribution >= 4 is 30.1 Å². The number of carbonyl (C=O) groups is 4. The minimum absolute atomic E-state index is 0.0315. The third-order valence-corrected chi connectivity index (χ3v) is 7.03. The number of ether oxygens (including phenoxy) is 4. The lowest BCUT2D eigenvalue weighted by molar-refractivity contribution is -0.163. The van der Waals surface area contributed by atoms with Gasteiger partial charge in [0, 0.05) is 18.1 Å². The lowest BCUT2D eigenvalue weighted by Crippen LogP contribution is -2.36. The fraction of sp³-hybridized carbons (Fsp3) is 0.455. The van der Waals surface area contributed by atoms with Gasteiger partial charge in [-0.3, -0.25) is 0 Å². The third kappa shape index (κ3) is 11.2. The molecule has 3 atom stereocenters. The van der Waals surface area contributed by atoms with Crippen LogP contribution in [-0.4, -0.2) is 59.4 Å². The molecule has 3 unspecified atom stereocenters. The molecule has 0 saturated carbocycles. The highest BCUT2D eigenvalue weighted by molar-refractivity contribution is 5.93. The van der Waals surface area contributed by atoms with Crippen molar-refractivity contribution in [3.8, 4) is 0 Å². The van der Waals surface area contributed by atoms with Gasteiger partial charge in [-0.15, -0.1) is 0 Å². The van der Waals surface area contributed by atoms with Gasteiger partial charge >= 0.3 is 24.1 Å². The van der Waals surface area contributed by atoms with E-state index in [0.29, 0.717) is 12.0 Å². The lowest BCUT2D eigenvalue weighted by atomic mass is 9.80. The van der Waals surface area contributed by atoms with Gasteiger partial charge in [0.1, 0.15) is 6.61 Å². The summed E-state index contributed by atoms with van der Waals surface area (Å²) in [6, 6.07) is 9.20. The predicted octanol–water partition coefficient (Wildman–Crippen LogP) is 5.91. The molecule has 1 aromatic rings. The maximum absolute atomic E-state index is 12.9. The van der Waals surface area contributed by atoms with Crippen molar-refractivity contribution < 1.29 is 48.3 Å². The summed E-state index contributed by atoms with van der Waals surface area (Å²) in [6.45, 7) is 8.43. The highest BCUT2D eigenvalue weighted by Gasteiger charge is 2.47. The Hall–Kier alpha value is -4.18. The van der Waals surface area contributed by atoms with Gasteiger partial charge < -0.3 is 29.2 Å². The van der Waals surface area contributed by atoms with E-state index in [-0.39, 0.29) is 43.1 Å². The van der Waals surface area contributed by atoms with Crippen LogP contribution in [0.3, 0.4) is 0 Å². The van der Waals surface area contributed by atoms with Crippen molar-refractivity contribution in [3.05, 3.63) is 77.4 Å². The lowest BCUT2D eigenvalue weighted by Gasteiger charge is -2.30. The minimum atomic E-state index is -1.65. The number of hydrogen-bond acceptors (Lipinski definition) is 9. The van der Waals surface area contributed by atoms with Crippen molar-refractivity contribution in [2.45, 2.75) is 77.6 Å². The molecule has 1 aromatic carbocycles. The molecule has 10 nitrogen and oxygen atoms in total. The molecular formula is C33H42O10. The number of aliphatic carboxylic acids is 1. The van der Waals surface area contributed by atoms with Gasteiger partial charge in [0.05, 0.1) is 12.2 Å². The van der Waals surface area contributed by atoms with E-state index in [4.69, 9.17) is 14.2 Å². The molecule has 2 rings (SSSR count). The molecule has 0 amide bonds. The fourth-order valence-corrected chi connectivity index (χ4v) is 4.65. The number of esters is 2. The van der Waals surface area contributed by atoms with Crippen LogP contribution in [0.4, 0.5) is 4.79 Å². The zero-order valence-electron chi connectivity index (χ0n) is 25.1. The van der Waals surface area contributed by atoms with Crippen LogP contribution >= 0.6 is 0 Å². The number of carboxylic acids is 1. The van der Waals surface area contributed by atoms with Crippen LogP contribution in [0.5, 0.6) is 0 Å². The van der Waals surface area contributed by atoms with Gasteiger partial charge in [-0.05, 0) is 49.0 Å². The maximum Gasteiger partial charge on any atom is 0.509 e. The third-order valence-electron chi connectivity index (χ3n) is 7.03. The van der Waals surface area contributed by atoms with E-state index in [1.807, 2.05) is 37.3 Å². The standard InChI is InChI=1S/C33H42O10/c1-5-8-13-24(6-2)20-27(26(30(36)37)18-17-25-14-10-9-11-15-25)33(22-41-32(39)43-33)21-23(4)31(38)40-19-12-16-29(35)42-28(34)7-3/h7,9-11,14-15,17-18,21,24,29,35H,3,5-6,8,12-13,16,19-20,22H2,1-2,4H3,(H,36,37). The van der Waals surface area contributed by atoms with Crippen molar-refractivity contribution in [2.75, 3.05) is 13.2 Å². The van der Waals surface area contributed by atoms with Crippen LogP contribution in [0, 0.1) is 5.92 Å². The summed E-state index contributed by atoms with van der Waals surface area (Å²) in [7, 11) is 0. The molecule has 0 aromatic heterocycles. The molecule has 1 aliphatic heterocycles. The van der Waals surface area contributed by atoms with E-state index in [1.165, 1.54) is 19.1 Å². The monoisotopic (exact) mass is 598 g/mol. The fourth-order valence-electron chi connectivity index (χ4n) is 4.65. The summed E-state index contributed by atoms with van der Waals surface area (Å²) in [6.07, 6.45) is 7.18. The summed E-state index contributed by atoms with van der Waals surface area (Å²) >= 11 is 0. The highest BCUT2D eigenvalue weighted by Crippen LogP contribution is 2.39. The molecule has 1 heterocycles. The van der Waals surface area contributed by atoms with Gasteiger partial charge in [-0.2, -0.15) is 0 Å². The van der Waals surface area contributed by atoms with Gasteiger partial charge in [-0.25, -0.2) is 19.2 Å². The molecule has 0 bridgehead atoms. The van der Waals surface area contributed by atoms with Crippen molar-refractivity contribution in [1.29, 1.82) is 0 Å². The Morgan fingerprint density at radius 3 is 2.44 bits per heavy atom. The minimum Gasteiger partial charge on any atom is -0.478 e. The van der Waals surface area contributed by atoms with Gasteiger partial charge in [-0.1, -0.05) is 82.5 Å². The van der Waals surface area contributed by atoms with Crippen LogP contribution in [0.25, 0.3) is 6.08 Å². The second kappa shape index (κ2) is 17.7. The van der Waals surface area contributed by atoms with Crippen LogP contribution in [0.2, 0.25) is 0 Å². The summed E-state index contributed by atoms with van der Waals surface area (Å²) in [5.41, 5.74) is -0.526. The number of rotatable bonds is 18. The zero-order valence-corrected chi connectivity index (χ0v) is 25.1. The zero-order chi connectivity index (χ0) is 31.8. The van der Waals surface area contributed by atoms with Crippen LogP contribution in [-0.2, 0) is 33.3 Å². The number of cyclic esters (lactones) is 2. The van der Waals surface area contributed by atoms with Crippen molar-refractivity contribution in [2.24, 2.45) is 5.92 Å². The van der Waals surface area contributed by atoms with E-state index in [1.54, 1.807) is 6.08 Å². The first-order chi connectivity index (χ1) is 20.5. The van der Waals surface area contributed by atoms with Crippen LogP contribution in [0.15, 0.2) is 71.9 Å². The number of benzene rings is 1. The van der Waals surface area contributed by atoms with E-state index in [0.717, 1.165) is 37.3 Å². The van der Waals surface area contributed by atoms with Gasteiger partial charge in [0.15, 0.2) is 5.60 Å². The molecule has 0 spiro atoms. The first kappa shape index (κ1) is 35.0. The average Bonchev–Trinajstić information content (AvgIpc) is 3.37. The first-order valence-corrected chi connectivity index (χ1v) is 14.5. The summed E-state index contributed by atoms with van der Waals surface area (Å²) in [5.74, 6) is -2.62. The number of unbranched alkanes of at least 4 members (excludes halogenated alkanes) is 1. The summed E-state index contributed by atoms with van der Waals surface area (Å²) in [4.78, 5) is 49.1. The molecule has 0 radical (unpaired) electrons. The van der Waals surface area contributed by atoms with E-state index < -0.39 is 36.0 Å². The highest BCUT2D eigenvalue weighted by atomic mass is 16.8. The van der Waals surface area contributed by atoms with Crippen molar-refractivity contribution in [1.82, 2.24) is 0 Å². The van der Waals surface area contributed by atoms with E-state index >= 15 is 0 Å². The predicted molar refractivity (Wildman–Crippen MR) is 159 cm³/mol. The van der Waals surface area contributed by atoms with E-state index in [9.17, 15) is 29.4 Å². The molecule has 43 heavy (non-hydrogen) atoms. The molecule has 0 aliphatic carbocycles. The molecule has 10 heteroatoms. The molecule has 2 N–H and O–H groups in total. The summed E-state index contributed by atoms with van der Waals surface area (Å²) < 4.78 is 20.9. The molecule has 1 fully saturated rings. The molecule has 1 aliphatic rings. The van der Waals surface area contributed by atoms with Crippen LogP contribution in [0.1, 0.15) is 71.3 Å². The number of aliphatic hydroxyl groups excluding tert-OH is 1.